The average Bonchev–Trinajstić information content (AvgIpc) is 3.15. The Morgan fingerprint density at radius 2 is 1.56 bits per heavy atom. The van der Waals surface area contributed by atoms with Crippen LogP contribution in [-0.4, -0.2) is 61.2 Å². The van der Waals surface area contributed by atoms with Crippen LogP contribution in [0.5, 0.6) is 5.88 Å². The minimum atomic E-state index is -1.54. The van der Waals surface area contributed by atoms with Crippen LogP contribution in [0.2, 0.25) is 0 Å². The summed E-state index contributed by atoms with van der Waals surface area (Å²) in [6.45, 7) is -0.367. The normalized spacial score (nSPS) is 11.9. The molecule has 2 unspecified atom stereocenters. The number of Topliss-reactive ketones (excluding diaryl/α,β-unsaturated/α-hetero) is 1. The lowest BCUT2D eigenvalue weighted by Crippen LogP contribution is -2.49. The maximum absolute atomic E-state index is 13.7. The first-order valence-corrected chi connectivity index (χ1v) is 15.9. The Morgan fingerprint density at radius 1 is 0.840 bits per heavy atom. The zero-order valence-electron chi connectivity index (χ0n) is 27.1. The van der Waals surface area contributed by atoms with Crippen LogP contribution in [0.15, 0.2) is 121 Å². The first-order chi connectivity index (χ1) is 24.4. The SMILES string of the molecule is O=C(Cn1c(-c2ccccc2)ncc(NC(=O)OCc2ccncc2)c1=O)NC(Cc1ccccc1)C(O)C(=O)CCCOc1ccccn1. The third-order valence-electron chi connectivity index (χ3n) is 7.55. The zero-order chi connectivity index (χ0) is 35.1. The summed E-state index contributed by atoms with van der Waals surface area (Å²) in [5.41, 5.74) is 1.11. The molecule has 0 spiro atoms. The minimum absolute atomic E-state index is 0.00166. The van der Waals surface area contributed by atoms with Gasteiger partial charge >= 0.3 is 6.09 Å². The number of benzene rings is 2. The molecule has 3 aromatic heterocycles. The molecule has 5 aromatic rings. The van der Waals surface area contributed by atoms with E-state index in [2.05, 4.69) is 25.6 Å². The number of hydrogen-bond donors (Lipinski definition) is 3. The molecule has 3 N–H and O–H groups in total. The highest BCUT2D eigenvalue weighted by Gasteiger charge is 2.28. The number of anilines is 1. The molecule has 2 atom stereocenters. The van der Waals surface area contributed by atoms with Gasteiger partial charge in [0.1, 0.15) is 30.8 Å². The Morgan fingerprint density at radius 3 is 2.28 bits per heavy atom. The van der Waals surface area contributed by atoms with E-state index in [4.69, 9.17) is 9.47 Å². The summed E-state index contributed by atoms with van der Waals surface area (Å²) in [5, 5.41) is 16.3. The molecule has 256 valence electrons. The fraction of sp³-hybridized carbons (Fsp3) is 0.216. The van der Waals surface area contributed by atoms with E-state index in [1.807, 2.05) is 30.3 Å². The molecule has 0 saturated carbocycles. The topological polar surface area (TPSA) is 175 Å². The highest BCUT2D eigenvalue weighted by atomic mass is 16.5. The summed E-state index contributed by atoms with van der Waals surface area (Å²) < 4.78 is 11.9. The Hall–Kier alpha value is -6.21. The van der Waals surface area contributed by atoms with E-state index in [0.29, 0.717) is 23.4 Å². The number of carbonyl (C=O) groups is 3. The lowest BCUT2D eigenvalue weighted by Gasteiger charge is -2.24. The average molecular weight is 677 g/mol. The summed E-state index contributed by atoms with van der Waals surface area (Å²) in [6.07, 6.45) is 3.96. The molecular weight excluding hydrogens is 640 g/mol. The second kappa shape index (κ2) is 17.8. The molecule has 0 aliphatic heterocycles. The van der Waals surface area contributed by atoms with Crippen molar-refractivity contribution in [2.45, 2.75) is 44.6 Å². The number of rotatable bonds is 16. The number of ketones is 1. The maximum Gasteiger partial charge on any atom is 0.412 e. The van der Waals surface area contributed by atoms with Crippen molar-refractivity contribution in [1.82, 2.24) is 24.8 Å². The Balaban J connectivity index is 1.31. The van der Waals surface area contributed by atoms with Crippen molar-refractivity contribution < 1.29 is 29.0 Å². The van der Waals surface area contributed by atoms with Crippen molar-refractivity contribution >= 4 is 23.5 Å². The molecule has 0 bridgehead atoms. The molecule has 0 aliphatic rings. The third-order valence-corrected chi connectivity index (χ3v) is 7.55. The second-order valence-corrected chi connectivity index (χ2v) is 11.2. The summed E-state index contributed by atoms with van der Waals surface area (Å²) in [5.74, 6) is -0.535. The molecule has 13 heteroatoms. The number of carbonyl (C=O) groups excluding carboxylic acids is 3. The highest BCUT2D eigenvalue weighted by Crippen LogP contribution is 2.17. The van der Waals surface area contributed by atoms with E-state index >= 15 is 0 Å². The summed E-state index contributed by atoms with van der Waals surface area (Å²) in [7, 11) is 0. The molecule has 2 aromatic carbocycles. The molecule has 3 heterocycles. The van der Waals surface area contributed by atoms with Gasteiger partial charge in [-0.25, -0.2) is 14.8 Å². The molecular formula is C37H36N6O7. The summed E-state index contributed by atoms with van der Waals surface area (Å²) >= 11 is 0. The number of pyridine rings is 2. The van der Waals surface area contributed by atoms with Gasteiger partial charge in [-0.15, -0.1) is 0 Å². The summed E-state index contributed by atoms with van der Waals surface area (Å²) in [6, 6.07) is 25.5. The van der Waals surface area contributed by atoms with Crippen molar-refractivity contribution in [3.05, 3.63) is 137 Å². The zero-order valence-corrected chi connectivity index (χ0v) is 27.1. The van der Waals surface area contributed by atoms with Gasteiger partial charge in [0.05, 0.1) is 18.8 Å². The van der Waals surface area contributed by atoms with Crippen molar-refractivity contribution in [3.63, 3.8) is 0 Å². The molecule has 0 radical (unpaired) electrons. The van der Waals surface area contributed by atoms with E-state index in [0.717, 1.165) is 10.1 Å². The van der Waals surface area contributed by atoms with Crippen LogP contribution in [0, 0.1) is 0 Å². The fourth-order valence-corrected chi connectivity index (χ4v) is 5.05. The van der Waals surface area contributed by atoms with Gasteiger partial charge in [0, 0.05) is 36.6 Å². The number of hydrogen-bond acceptors (Lipinski definition) is 10. The van der Waals surface area contributed by atoms with Gasteiger partial charge in [0.25, 0.3) is 5.56 Å². The Labute approximate surface area is 288 Å². The number of aliphatic hydroxyl groups excluding tert-OH is 1. The van der Waals surface area contributed by atoms with Gasteiger partial charge in [-0.05, 0) is 42.2 Å². The molecule has 50 heavy (non-hydrogen) atoms. The van der Waals surface area contributed by atoms with Gasteiger partial charge in [0.2, 0.25) is 11.8 Å². The molecule has 0 fully saturated rings. The Kier molecular flexibility index (Phi) is 12.5. The van der Waals surface area contributed by atoms with Crippen molar-refractivity contribution in [2.75, 3.05) is 11.9 Å². The van der Waals surface area contributed by atoms with Crippen LogP contribution >= 0.6 is 0 Å². The lowest BCUT2D eigenvalue weighted by molar-refractivity contribution is -0.130. The molecule has 13 nitrogen and oxygen atoms in total. The first kappa shape index (κ1) is 35.1. The van der Waals surface area contributed by atoms with Crippen molar-refractivity contribution in [3.8, 4) is 17.3 Å². The minimum Gasteiger partial charge on any atom is -0.478 e. The smallest absolute Gasteiger partial charge is 0.412 e. The third kappa shape index (κ3) is 10.1. The number of nitrogens with zero attached hydrogens (tertiary/aromatic N) is 4. The monoisotopic (exact) mass is 676 g/mol. The highest BCUT2D eigenvalue weighted by molar-refractivity contribution is 5.86. The predicted octanol–water partition coefficient (Wildman–Crippen LogP) is 3.97. The second-order valence-electron chi connectivity index (χ2n) is 11.2. The number of nitrogens with one attached hydrogen (secondary N) is 2. The molecule has 0 saturated heterocycles. The number of ether oxygens (including phenoxy) is 2. The van der Waals surface area contributed by atoms with Crippen LogP contribution in [0.25, 0.3) is 11.4 Å². The maximum atomic E-state index is 13.7. The van der Waals surface area contributed by atoms with Gasteiger partial charge in [-0.2, -0.15) is 0 Å². The van der Waals surface area contributed by atoms with Gasteiger partial charge in [0.15, 0.2) is 5.78 Å². The van der Waals surface area contributed by atoms with Crippen LogP contribution in [0.1, 0.15) is 24.0 Å². The van der Waals surface area contributed by atoms with E-state index in [1.54, 1.807) is 79.3 Å². The molecule has 2 amide bonds. The van der Waals surface area contributed by atoms with E-state index in [-0.39, 0.29) is 37.6 Å². The largest absolute Gasteiger partial charge is 0.478 e. The lowest BCUT2D eigenvalue weighted by atomic mass is 9.96. The van der Waals surface area contributed by atoms with Crippen molar-refractivity contribution in [1.29, 1.82) is 0 Å². The molecule has 0 aliphatic carbocycles. The molecule has 5 rings (SSSR count). The van der Waals surface area contributed by atoms with E-state index in [9.17, 15) is 24.3 Å². The Bertz CT molecular complexity index is 1910. The van der Waals surface area contributed by atoms with E-state index < -0.39 is 42.0 Å². The van der Waals surface area contributed by atoms with Gasteiger partial charge in [-0.1, -0.05) is 66.7 Å². The van der Waals surface area contributed by atoms with Crippen LogP contribution in [0.3, 0.4) is 0 Å². The van der Waals surface area contributed by atoms with E-state index in [1.165, 1.54) is 6.20 Å². The van der Waals surface area contributed by atoms with Crippen molar-refractivity contribution in [2.24, 2.45) is 0 Å². The van der Waals surface area contributed by atoms with Crippen LogP contribution in [-0.2, 0) is 33.9 Å². The quantitative estimate of drug-likeness (QED) is 0.130. The number of amides is 2. The van der Waals surface area contributed by atoms with Crippen LogP contribution in [0.4, 0.5) is 10.5 Å². The van der Waals surface area contributed by atoms with Gasteiger partial charge < -0.3 is 19.9 Å². The van der Waals surface area contributed by atoms with Gasteiger partial charge in [-0.3, -0.25) is 29.3 Å². The first-order valence-electron chi connectivity index (χ1n) is 15.9. The number of aliphatic hydroxyl groups is 1. The predicted molar refractivity (Wildman–Crippen MR) is 184 cm³/mol. The number of aromatic nitrogens is 4. The van der Waals surface area contributed by atoms with Crippen LogP contribution < -0.4 is 20.9 Å². The standard InChI is InChI=1S/C37H36N6O7/c44-31(14-9-21-49-33-15-7-8-18-39-33)34(46)29(22-26-10-3-1-4-11-26)41-32(45)24-43-35(28-12-5-2-6-13-28)40-23-30(36(43)47)42-37(48)50-25-27-16-19-38-20-17-27/h1-8,10-13,15-20,23,29,34,46H,9,14,21-22,24-25H2,(H,41,45)(H,42,48). The fourth-order valence-electron chi connectivity index (χ4n) is 5.05. The summed E-state index contributed by atoms with van der Waals surface area (Å²) in [4.78, 5) is 65.4.